The topological polar surface area (TPSA) is 70.2 Å². The molecule has 1 fully saturated rings. The summed E-state index contributed by atoms with van der Waals surface area (Å²) in [4.78, 5) is 24.8. The predicted molar refractivity (Wildman–Crippen MR) is 63.5 cm³/mol. The first-order valence-electron chi connectivity index (χ1n) is 5.66. The van der Waals surface area contributed by atoms with Crippen LogP contribution in [-0.4, -0.2) is 16.1 Å². The number of benzene rings is 1. The van der Waals surface area contributed by atoms with E-state index in [-0.39, 0.29) is 17.3 Å². The van der Waals surface area contributed by atoms with Gasteiger partial charge in [-0.2, -0.15) is 0 Å². The maximum Gasteiger partial charge on any atom is 0.341 e. The molecule has 18 heavy (non-hydrogen) atoms. The monoisotopic (exact) mass is 247 g/mol. The summed E-state index contributed by atoms with van der Waals surface area (Å²) in [6, 6.07) is 4.09. The maximum absolute atomic E-state index is 13.8. The van der Waals surface area contributed by atoms with Crippen molar-refractivity contribution < 1.29 is 14.3 Å². The van der Waals surface area contributed by atoms with Gasteiger partial charge in [0.15, 0.2) is 0 Å². The molecule has 5 heteroatoms. The standard InChI is InChI=1S/C13H10FNO3/c14-10-4-7-3-9(13(17)18)12(16)15-11(7)5-8(10)6-1-2-6/h3-6H,1-2H2,(H,15,16)(H,17,18). The minimum Gasteiger partial charge on any atom is -0.477 e. The van der Waals surface area contributed by atoms with E-state index in [1.54, 1.807) is 6.07 Å². The van der Waals surface area contributed by atoms with Gasteiger partial charge in [0, 0.05) is 10.9 Å². The normalized spacial score (nSPS) is 14.9. The largest absolute Gasteiger partial charge is 0.477 e. The molecule has 0 bridgehead atoms. The highest BCUT2D eigenvalue weighted by Crippen LogP contribution is 2.42. The van der Waals surface area contributed by atoms with Crippen molar-refractivity contribution in [2.24, 2.45) is 0 Å². The minimum absolute atomic E-state index is 0.233. The molecule has 1 aromatic carbocycles. The highest BCUT2D eigenvalue weighted by molar-refractivity contribution is 5.92. The number of aromatic carboxylic acids is 1. The first-order chi connectivity index (χ1) is 8.56. The van der Waals surface area contributed by atoms with Gasteiger partial charge in [0.05, 0.1) is 0 Å². The molecule has 0 atom stereocenters. The Bertz CT molecular complexity index is 716. The zero-order valence-corrected chi connectivity index (χ0v) is 9.37. The van der Waals surface area contributed by atoms with Gasteiger partial charge in [0.2, 0.25) is 0 Å². The third-order valence-electron chi connectivity index (χ3n) is 3.21. The maximum atomic E-state index is 13.8. The number of hydrogen-bond acceptors (Lipinski definition) is 2. The third-order valence-corrected chi connectivity index (χ3v) is 3.21. The molecule has 0 spiro atoms. The molecule has 92 valence electrons. The van der Waals surface area contributed by atoms with Crippen molar-refractivity contribution >= 4 is 16.9 Å². The lowest BCUT2D eigenvalue weighted by Crippen LogP contribution is -2.17. The fraction of sp³-hybridized carbons (Fsp3) is 0.231. The average Bonchev–Trinajstić information content (AvgIpc) is 3.11. The second-order valence-electron chi connectivity index (χ2n) is 4.55. The molecule has 2 N–H and O–H groups in total. The Kier molecular flexibility index (Phi) is 2.23. The Hall–Kier alpha value is -2.17. The van der Waals surface area contributed by atoms with Gasteiger partial charge in [-0.05, 0) is 42.5 Å². The second-order valence-corrected chi connectivity index (χ2v) is 4.55. The highest BCUT2D eigenvalue weighted by Gasteiger charge is 2.27. The molecular formula is C13H10FNO3. The van der Waals surface area contributed by atoms with Crippen molar-refractivity contribution in [3.8, 4) is 0 Å². The third kappa shape index (κ3) is 1.68. The summed E-state index contributed by atoms with van der Waals surface area (Å²) >= 11 is 0. The fourth-order valence-electron chi connectivity index (χ4n) is 2.11. The summed E-state index contributed by atoms with van der Waals surface area (Å²) in [6.45, 7) is 0. The Morgan fingerprint density at radius 2 is 2.06 bits per heavy atom. The van der Waals surface area contributed by atoms with E-state index in [2.05, 4.69) is 4.98 Å². The molecule has 1 aliphatic rings. The summed E-state index contributed by atoms with van der Waals surface area (Å²) in [5.41, 5.74) is 0.0407. The zero-order valence-electron chi connectivity index (χ0n) is 9.37. The van der Waals surface area contributed by atoms with E-state index in [9.17, 15) is 14.0 Å². The van der Waals surface area contributed by atoms with Crippen molar-refractivity contribution in [1.82, 2.24) is 4.98 Å². The van der Waals surface area contributed by atoms with Crippen molar-refractivity contribution in [1.29, 1.82) is 0 Å². The summed E-state index contributed by atoms with van der Waals surface area (Å²) in [6.07, 6.45) is 1.92. The molecule has 1 aliphatic carbocycles. The molecule has 0 radical (unpaired) electrons. The molecular weight excluding hydrogens is 237 g/mol. The number of carboxylic acid groups (broad SMARTS) is 1. The molecule has 2 aromatic rings. The first kappa shape index (κ1) is 11.0. The Balaban J connectivity index is 2.27. The molecule has 1 heterocycles. The van der Waals surface area contributed by atoms with E-state index in [1.165, 1.54) is 12.1 Å². The van der Waals surface area contributed by atoms with Crippen LogP contribution < -0.4 is 5.56 Å². The number of hydrogen-bond donors (Lipinski definition) is 2. The number of nitrogens with one attached hydrogen (secondary N) is 1. The van der Waals surface area contributed by atoms with Crippen molar-refractivity contribution in [3.63, 3.8) is 0 Å². The van der Waals surface area contributed by atoms with Crippen molar-refractivity contribution in [2.75, 3.05) is 0 Å². The molecule has 1 saturated carbocycles. The molecule has 4 nitrogen and oxygen atoms in total. The highest BCUT2D eigenvalue weighted by atomic mass is 19.1. The van der Waals surface area contributed by atoms with Gasteiger partial charge in [-0.3, -0.25) is 4.79 Å². The molecule has 0 aliphatic heterocycles. The van der Waals surface area contributed by atoms with Gasteiger partial charge in [-0.25, -0.2) is 9.18 Å². The van der Waals surface area contributed by atoms with Gasteiger partial charge in [-0.1, -0.05) is 0 Å². The van der Waals surface area contributed by atoms with Gasteiger partial charge in [0.1, 0.15) is 11.4 Å². The molecule has 0 saturated heterocycles. The van der Waals surface area contributed by atoms with Gasteiger partial charge in [-0.15, -0.1) is 0 Å². The molecule has 3 rings (SSSR count). The van der Waals surface area contributed by atoms with Gasteiger partial charge < -0.3 is 10.1 Å². The Morgan fingerprint density at radius 1 is 1.33 bits per heavy atom. The number of fused-ring (bicyclic) bond motifs is 1. The lowest BCUT2D eigenvalue weighted by molar-refractivity contribution is 0.0695. The Labute approximate surface area is 101 Å². The van der Waals surface area contributed by atoms with Crippen LogP contribution in [0, 0.1) is 5.82 Å². The number of H-pyrrole nitrogens is 1. The Morgan fingerprint density at radius 3 is 2.67 bits per heavy atom. The van der Waals surface area contributed by atoms with E-state index in [0.29, 0.717) is 16.5 Å². The van der Waals surface area contributed by atoms with Crippen LogP contribution >= 0.6 is 0 Å². The minimum atomic E-state index is -1.31. The predicted octanol–water partition coefficient (Wildman–Crippen LogP) is 2.24. The van der Waals surface area contributed by atoms with E-state index in [1.807, 2.05) is 0 Å². The quantitative estimate of drug-likeness (QED) is 0.855. The SMILES string of the molecule is O=C(O)c1cc2cc(F)c(C3CC3)cc2[nH]c1=O. The lowest BCUT2D eigenvalue weighted by atomic mass is 10.1. The van der Waals surface area contributed by atoms with E-state index >= 15 is 0 Å². The van der Waals surface area contributed by atoms with Crippen LogP contribution in [0.3, 0.4) is 0 Å². The summed E-state index contributed by atoms with van der Waals surface area (Å²) in [5.74, 6) is -1.42. The van der Waals surface area contributed by atoms with Crippen LogP contribution in [0.4, 0.5) is 4.39 Å². The number of carbonyl (C=O) groups is 1. The van der Waals surface area contributed by atoms with Gasteiger partial charge in [0.25, 0.3) is 5.56 Å². The zero-order chi connectivity index (χ0) is 12.9. The van der Waals surface area contributed by atoms with Crippen LogP contribution in [-0.2, 0) is 0 Å². The number of aromatic amines is 1. The van der Waals surface area contributed by atoms with Crippen molar-refractivity contribution in [2.45, 2.75) is 18.8 Å². The van der Waals surface area contributed by atoms with E-state index in [4.69, 9.17) is 5.11 Å². The molecule has 0 amide bonds. The number of aromatic nitrogens is 1. The average molecular weight is 247 g/mol. The first-order valence-corrected chi connectivity index (χ1v) is 5.66. The number of carboxylic acids is 1. The fourth-order valence-corrected chi connectivity index (χ4v) is 2.11. The summed E-state index contributed by atoms with van der Waals surface area (Å²) in [7, 11) is 0. The van der Waals surface area contributed by atoms with Crippen LogP contribution in [0.15, 0.2) is 23.0 Å². The number of halogens is 1. The van der Waals surface area contributed by atoms with Crippen LogP contribution in [0.5, 0.6) is 0 Å². The van der Waals surface area contributed by atoms with E-state index in [0.717, 1.165) is 12.8 Å². The van der Waals surface area contributed by atoms with Crippen molar-refractivity contribution in [3.05, 3.63) is 45.5 Å². The van der Waals surface area contributed by atoms with E-state index < -0.39 is 11.5 Å². The van der Waals surface area contributed by atoms with Crippen LogP contribution in [0.1, 0.15) is 34.7 Å². The molecule has 1 aromatic heterocycles. The van der Waals surface area contributed by atoms with Crippen LogP contribution in [0.2, 0.25) is 0 Å². The smallest absolute Gasteiger partial charge is 0.341 e. The molecule has 0 unspecified atom stereocenters. The second kappa shape index (κ2) is 3.66. The van der Waals surface area contributed by atoms with Gasteiger partial charge >= 0.3 is 5.97 Å². The summed E-state index contributed by atoms with van der Waals surface area (Å²) < 4.78 is 13.8. The van der Waals surface area contributed by atoms with Crippen LogP contribution in [0.25, 0.3) is 10.9 Å². The summed E-state index contributed by atoms with van der Waals surface area (Å²) in [5, 5.41) is 9.23. The number of rotatable bonds is 2. The lowest BCUT2D eigenvalue weighted by Gasteiger charge is -2.05. The number of pyridine rings is 1.